The Morgan fingerprint density at radius 1 is 1.62 bits per heavy atom. The molecule has 0 aromatic carbocycles. The Kier molecular flexibility index (Phi) is 1.69. The van der Waals surface area contributed by atoms with Gasteiger partial charge >= 0.3 is 0 Å². The van der Waals surface area contributed by atoms with E-state index in [1.807, 2.05) is 6.92 Å². The summed E-state index contributed by atoms with van der Waals surface area (Å²) in [5, 5.41) is 2.79. The smallest absolute Gasteiger partial charge is 0.275 e. The van der Waals surface area contributed by atoms with Crippen LogP contribution >= 0.6 is 0 Å². The molecule has 2 heterocycles. The highest BCUT2D eigenvalue weighted by Crippen LogP contribution is 2.39. The number of aryl methyl sites for hydroxylation is 1. The van der Waals surface area contributed by atoms with E-state index >= 15 is 0 Å². The lowest BCUT2D eigenvalue weighted by molar-refractivity contribution is 0.849. The van der Waals surface area contributed by atoms with Gasteiger partial charge in [-0.25, -0.2) is 14.3 Å². The number of hydrogen-bond acceptors (Lipinski definition) is 2. The Hall–Kier alpha value is -2.09. The molecule has 16 heavy (non-hydrogen) atoms. The van der Waals surface area contributed by atoms with E-state index in [1.54, 1.807) is 0 Å². The minimum Gasteiger partial charge on any atom is -0.308 e. The maximum Gasteiger partial charge on any atom is 0.275 e. The maximum atomic E-state index is 12.1. The SMILES string of the molecule is [C-]#[N+]c1c[nH]n2c(=O)c(C3CC3)c(C)nc12. The summed E-state index contributed by atoms with van der Waals surface area (Å²) in [6.07, 6.45) is 3.66. The van der Waals surface area contributed by atoms with E-state index in [4.69, 9.17) is 6.57 Å². The summed E-state index contributed by atoms with van der Waals surface area (Å²) in [5.41, 5.74) is 2.33. The molecule has 1 saturated carbocycles. The van der Waals surface area contributed by atoms with Crippen LogP contribution in [0.2, 0.25) is 0 Å². The van der Waals surface area contributed by atoms with Crippen molar-refractivity contribution in [1.29, 1.82) is 0 Å². The Labute approximate surface area is 91.5 Å². The Morgan fingerprint density at radius 3 is 3.00 bits per heavy atom. The zero-order valence-corrected chi connectivity index (χ0v) is 8.82. The fourth-order valence-electron chi connectivity index (χ4n) is 2.05. The predicted molar refractivity (Wildman–Crippen MR) is 58.8 cm³/mol. The first-order chi connectivity index (χ1) is 7.72. The molecule has 0 aliphatic heterocycles. The molecule has 0 radical (unpaired) electrons. The molecule has 5 heteroatoms. The van der Waals surface area contributed by atoms with E-state index in [9.17, 15) is 4.79 Å². The van der Waals surface area contributed by atoms with Crippen LogP contribution in [0.25, 0.3) is 10.5 Å². The minimum absolute atomic E-state index is 0.0556. The van der Waals surface area contributed by atoms with Gasteiger partial charge in [0.1, 0.15) is 0 Å². The minimum atomic E-state index is -0.0556. The summed E-state index contributed by atoms with van der Waals surface area (Å²) in [5.74, 6) is 0.372. The van der Waals surface area contributed by atoms with E-state index in [1.165, 1.54) is 10.7 Å². The van der Waals surface area contributed by atoms with Crippen molar-refractivity contribution in [3.8, 4) is 0 Å². The highest BCUT2D eigenvalue weighted by Gasteiger charge is 2.29. The van der Waals surface area contributed by atoms with Crippen molar-refractivity contribution >= 4 is 11.3 Å². The number of aromatic nitrogens is 3. The second-order valence-electron chi connectivity index (χ2n) is 4.12. The normalized spacial score (nSPS) is 15.2. The average molecular weight is 214 g/mol. The standard InChI is InChI=1S/C11H10N4O/c1-6-9(7-3-4-7)11(16)15-10(14-6)8(12-2)5-13-15/h5,7,13H,3-4H2,1H3. The zero-order chi connectivity index (χ0) is 11.3. The van der Waals surface area contributed by atoms with Gasteiger partial charge in [-0.2, -0.15) is 0 Å². The molecule has 0 saturated heterocycles. The number of nitrogens with zero attached hydrogens (tertiary/aromatic N) is 3. The third-order valence-electron chi connectivity index (χ3n) is 2.97. The average Bonchev–Trinajstić information content (AvgIpc) is 2.99. The van der Waals surface area contributed by atoms with Gasteiger partial charge in [-0.05, 0) is 25.7 Å². The van der Waals surface area contributed by atoms with Crippen molar-refractivity contribution in [1.82, 2.24) is 14.6 Å². The van der Waals surface area contributed by atoms with Crippen LogP contribution in [-0.2, 0) is 0 Å². The first-order valence-corrected chi connectivity index (χ1v) is 5.20. The summed E-state index contributed by atoms with van der Waals surface area (Å²) < 4.78 is 1.37. The van der Waals surface area contributed by atoms with Gasteiger partial charge in [-0.1, -0.05) is 0 Å². The highest BCUT2D eigenvalue weighted by atomic mass is 16.1. The van der Waals surface area contributed by atoms with Crippen molar-refractivity contribution < 1.29 is 0 Å². The third-order valence-corrected chi connectivity index (χ3v) is 2.97. The maximum absolute atomic E-state index is 12.1. The Bertz CT molecular complexity index is 670. The van der Waals surface area contributed by atoms with Crippen LogP contribution in [0.4, 0.5) is 5.69 Å². The number of hydrogen-bond donors (Lipinski definition) is 1. The molecule has 0 spiro atoms. The lowest BCUT2D eigenvalue weighted by Crippen LogP contribution is -2.21. The molecular weight excluding hydrogens is 204 g/mol. The van der Waals surface area contributed by atoms with Gasteiger partial charge in [0.2, 0.25) is 5.69 Å². The molecular formula is C11H10N4O. The van der Waals surface area contributed by atoms with Crippen molar-refractivity contribution in [2.24, 2.45) is 0 Å². The van der Waals surface area contributed by atoms with E-state index in [0.717, 1.165) is 24.1 Å². The Morgan fingerprint density at radius 2 is 2.38 bits per heavy atom. The summed E-state index contributed by atoms with van der Waals surface area (Å²) in [7, 11) is 0. The number of rotatable bonds is 1. The quantitative estimate of drug-likeness (QED) is 0.735. The van der Waals surface area contributed by atoms with Gasteiger partial charge < -0.3 is 5.10 Å². The largest absolute Gasteiger partial charge is 0.308 e. The molecule has 80 valence electrons. The van der Waals surface area contributed by atoms with Gasteiger partial charge in [0, 0.05) is 17.5 Å². The zero-order valence-electron chi connectivity index (χ0n) is 8.82. The van der Waals surface area contributed by atoms with Crippen LogP contribution in [-0.4, -0.2) is 14.6 Å². The summed E-state index contributed by atoms with van der Waals surface area (Å²) in [6, 6.07) is 0. The van der Waals surface area contributed by atoms with E-state index in [0.29, 0.717) is 17.3 Å². The number of nitrogens with one attached hydrogen (secondary N) is 1. The van der Waals surface area contributed by atoms with Crippen LogP contribution in [0, 0.1) is 13.5 Å². The van der Waals surface area contributed by atoms with Crippen LogP contribution in [0.3, 0.4) is 0 Å². The summed E-state index contributed by atoms with van der Waals surface area (Å²) in [4.78, 5) is 19.8. The number of aromatic amines is 1. The molecule has 3 rings (SSSR count). The van der Waals surface area contributed by atoms with Crippen LogP contribution in [0.5, 0.6) is 0 Å². The second kappa shape index (κ2) is 2.95. The molecule has 5 nitrogen and oxygen atoms in total. The second-order valence-corrected chi connectivity index (χ2v) is 4.12. The number of fused-ring (bicyclic) bond motifs is 1. The van der Waals surface area contributed by atoms with E-state index in [-0.39, 0.29) is 5.56 Å². The molecule has 0 unspecified atom stereocenters. The highest BCUT2D eigenvalue weighted by molar-refractivity contribution is 5.67. The van der Waals surface area contributed by atoms with Crippen LogP contribution < -0.4 is 5.56 Å². The monoisotopic (exact) mass is 214 g/mol. The third kappa shape index (κ3) is 1.10. The molecule has 1 aliphatic rings. The van der Waals surface area contributed by atoms with E-state index in [2.05, 4.69) is 14.9 Å². The van der Waals surface area contributed by atoms with Crippen molar-refractivity contribution in [2.45, 2.75) is 25.7 Å². The Balaban J connectivity index is 2.41. The lowest BCUT2D eigenvalue weighted by Gasteiger charge is -2.03. The van der Waals surface area contributed by atoms with Crippen molar-refractivity contribution in [3.05, 3.63) is 39.2 Å². The first kappa shape index (κ1) is 9.16. The van der Waals surface area contributed by atoms with E-state index < -0.39 is 0 Å². The molecule has 1 N–H and O–H groups in total. The van der Waals surface area contributed by atoms with Gasteiger partial charge in [-0.15, -0.1) is 0 Å². The fourth-order valence-corrected chi connectivity index (χ4v) is 2.05. The molecule has 0 amide bonds. The molecule has 2 aromatic heterocycles. The van der Waals surface area contributed by atoms with Gasteiger partial charge in [0.25, 0.3) is 5.56 Å². The molecule has 0 bridgehead atoms. The lowest BCUT2D eigenvalue weighted by atomic mass is 10.1. The first-order valence-electron chi connectivity index (χ1n) is 5.20. The fraction of sp³-hybridized carbons (Fsp3) is 0.364. The van der Waals surface area contributed by atoms with Crippen LogP contribution in [0.1, 0.15) is 30.0 Å². The summed E-state index contributed by atoms with van der Waals surface area (Å²) in [6.45, 7) is 8.83. The van der Waals surface area contributed by atoms with Gasteiger partial charge in [0.05, 0.1) is 6.57 Å². The van der Waals surface area contributed by atoms with Crippen molar-refractivity contribution in [3.63, 3.8) is 0 Å². The van der Waals surface area contributed by atoms with Gasteiger partial charge in [-0.3, -0.25) is 4.79 Å². The molecule has 1 fully saturated rings. The molecule has 0 atom stereocenters. The molecule has 1 aliphatic carbocycles. The number of H-pyrrole nitrogens is 1. The predicted octanol–water partition coefficient (Wildman–Crippen LogP) is 1.76. The van der Waals surface area contributed by atoms with Crippen LogP contribution in [0.15, 0.2) is 11.0 Å². The molecule has 2 aromatic rings. The van der Waals surface area contributed by atoms with Gasteiger partial charge in [0.15, 0.2) is 5.65 Å². The van der Waals surface area contributed by atoms with Crippen molar-refractivity contribution in [2.75, 3.05) is 0 Å². The topological polar surface area (TPSA) is 54.5 Å². The summed E-state index contributed by atoms with van der Waals surface area (Å²) >= 11 is 0.